The molecule has 2 rings (SSSR count). The van der Waals surface area contributed by atoms with Gasteiger partial charge < -0.3 is 25.6 Å². The molecule has 0 aromatic rings. The van der Waals surface area contributed by atoms with E-state index in [2.05, 4.69) is 5.32 Å². The lowest BCUT2D eigenvalue weighted by Gasteiger charge is -2.32. The second-order valence-corrected chi connectivity index (χ2v) is 6.12. The van der Waals surface area contributed by atoms with Crippen molar-refractivity contribution in [1.82, 2.24) is 5.32 Å². The number of rotatable bonds is 6. The molecule has 0 heterocycles. The van der Waals surface area contributed by atoms with Crippen LogP contribution in [0.1, 0.15) is 27.2 Å². The molecule has 0 spiro atoms. The first-order valence-corrected chi connectivity index (χ1v) is 7.89. The highest BCUT2D eigenvalue weighted by molar-refractivity contribution is 5.93. The number of carbonyl (C=O) groups excluding carboxylic acids is 3. The zero-order chi connectivity index (χ0) is 17.4. The molecule has 2 aliphatic carbocycles. The van der Waals surface area contributed by atoms with Crippen LogP contribution in [-0.2, 0) is 23.9 Å². The van der Waals surface area contributed by atoms with Gasteiger partial charge in [0.2, 0.25) is 5.91 Å². The van der Waals surface area contributed by atoms with Crippen LogP contribution in [0.15, 0.2) is 0 Å². The summed E-state index contributed by atoms with van der Waals surface area (Å²) < 4.78 is 10.1. The van der Waals surface area contributed by atoms with E-state index in [-0.39, 0.29) is 19.6 Å². The van der Waals surface area contributed by atoms with Crippen molar-refractivity contribution in [3.63, 3.8) is 0 Å². The van der Waals surface area contributed by atoms with Crippen molar-refractivity contribution >= 4 is 17.8 Å². The Morgan fingerprint density at radius 3 is 2.43 bits per heavy atom. The lowest BCUT2D eigenvalue weighted by atomic mass is 9.89. The summed E-state index contributed by atoms with van der Waals surface area (Å²) in [7, 11) is 0. The average molecular weight is 328 g/mol. The topological polar surface area (TPSA) is 128 Å². The Labute approximate surface area is 134 Å². The molecule has 0 aromatic heterocycles. The fraction of sp³-hybridized carbons (Fsp3) is 0.800. The van der Waals surface area contributed by atoms with Crippen molar-refractivity contribution < 1.29 is 29.0 Å². The molecule has 0 aromatic carbocycles. The number of carbonyl (C=O) groups is 3. The summed E-state index contributed by atoms with van der Waals surface area (Å²) in [5.74, 6) is -3.20. The number of nitrogens with two attached hydrogens (primary N) is 1. The van der Waals surface area contributed by atoms with Gasteiger partial charge in [0.25, 0.3) is 0 Å². The Balaban J connectivity index is 2.29. The molecule has 130 valence electrons. The Hall–Kier alpha value is -1.67. The third-order valence-corrected chi connectivity index (χ3v) is 4.58. The number of fused-ring (bicyclic) bond motifs is 1. The summed E-state index contributed by atoms with van der Waals surface area (Å²) in [6.07, 6.45) is -0.873. The molecule has 0 aliphatic heterocycles. The molecule has 4 N–H and O–H groups in total. The van der Waals surface area contributed by atoms with Gasteiger partial charge in [-0.1, -0.05) is 0 Å². The number of amides is 1. The molecule has 8 heteroatoms. The van der Waals surface area contributed by atoms with Gasteiger partial charge in [0.15, 0.2) is 0 Å². The monoisotopic (exact) mass is 328 g/mol. The Kier molecular flexibility index (Phi) is 4.95. The number of aliphatic hydroxyl groups is 1. The summed E-state index contributed by atoms with van der Waals surface area (Å²) >= 11 is 0. The van der Waals surface area contributed by atoms with Crippen molar-refractivity contribution in [1.29, 1.82) is 0 Å². The lowest BCUT2D eigenvalue weighted by Crippen LogP contribution is -2.60. The molecular weight excluding hydrogens is 304 g/mol. The highest BCUT2D eigenvalue weighted by atomic mass is 16.5. The Bertz CT molecular complexity index is 508. The van der Waals surface area contributed by atoms with Gasteiger partial charge in [-0.25, -0.2) is 4.79 Å². The van der Waals surface area contributed by atoms with Crippen LogP contribution in [0.2, 0.25) is 0 Å². The smallest absolute Gasteiger partial charge is 0.332 e. The number of ether oxygens (including phenoxy) is 2. The number of aliphatic hydroxyl groups excluding tert-OH is 1. The third kappa shape index (κ3) is 2.92. The van der Waals surface area contributed by atoms with Crippen LogP contribution in [0, 0.1) is 17.8 Å². The minimum atomic E-state index is -1.43. The quantitative estimate of drug-likeness (QED) is 0.530. The van der Waals surface area contributed by atoms with Gasteiger partial charge >= 0.3 is 11.9 Å². The van der Waals surface area contributed by atoms with Crippen molar-refractivity contribution in [2.75, 3.05) is 13.2 Å². The van der Waals surface area contributed by atoms with E-state index < -0.39 is 53.3 Å². The van der Waals surface area contributed by atoms with E-state index in [1.807, 2.05) is 0 Å². The Morgan fingerprint density at radius 2 is 1.91 bits per heavy atom. The van der Waals surface area contributed by atoms with Crippen LogP contribution in [0.5, 0.6) is 0 Å². The first-order valence-electron chi connectivity index (χ1n) is 7.89. The van der Waals surface area contributed by atoms with Crippen molar-refractivity contribution in [3.05, 3.63) is 0 Å². The van der Waals surface area contributed by atoms with Crippen LogP contribution in [0.4, 0.5) is 0 Å². The van der Waals surface area contributed by atoms with Gasteiger partial charge in [0.05, 0.1) is 31.3 Å². The summed E-state index contributed by atoms with van der Waals surface area (Å²) in [6.45, 7) is 5.17. The van der Waals surface area contributed by atoms with Gasteiger partial charge in [-0.3, -0.25) is 9.59 Å². The molecule has 1 amide bonds. The van der Waals surface area contributed by atoms with Gasteiger partial charge in [0, 0.05) is 18.3 Å². The molecule has 6 atom stereocenters. The maximum atomic E-state index is 12.5. The molecule has 2 fully saturated rings. The molecule has 0 unspecified atom stereocenters. The number of nitrogens with one attached hydrogen (secondary N) is 1. The van der Waals surface area contributed by atoms with E-state index in [1.165, 1.54) is 6.92 Å². The molecule has 0 radical (unpaired) electrons. The van der Waals surface area contributed by atoms with Crippen LogP contribution in [0.3, 0.4) is 0 Å². The fourth-order valence-electron chi connectivity index (χ4n) is 3.59. The highest BCUT2D eigenvalue weighted by Gasteiger charge is 2.76. The minimum Gasteiger partial charge on any atom is -0.466 e. The molecular formula is C15H24N2O6. The number of hydrogen-bond donors (Lipinski definition) is 3. The van der Waals surface area contributed by atoms with Crippen LogP contribution in [0.25, 0.3) is 0 Å². The zero-order valence-electron chi connectivity index (χ0n) is 13.6. The first kappa shape index (κ1) is 17.7. The van der Waals surface area contributed by atoms with Gasteiger partial charge in [0.1, 0.15) is 5.54 Å². The molecule has 0 saturated heterocycles. The van der Waals surface area contributed by atoms with Crippen molar-refractivity contribution in [3.8, 4) is 0 Å². The van der Waals surface area contributed by atoms with Gasteiger partial charge in [-0.15, -0.1) is 0 Å². The van der Waals surface area contributed by atoms with Gasteiger partial charge in [-0.2, -0.15) is 0 Å². The van der Waals surface area contributed by atoms with E-state index in [1.54, 1.807) is 13.8 Å². The standard InChI is InChI=1S/C15H24N2O6/c1-4-22-13(20)10-9-8(18)6-15(11(9)10,14(21)23-5-2)17-12(19)7(3)16/h7-11,18H,4-6,16H2,1-3H3,(H,17,19)/t7-,8-,9-,10-,11-,15-/m0/s1. The van der Waals surface area contributed by atoms with Crippen LogP contribution in [-0.4, -0.2) is 53.9 Å². The predicted molar refractivity (Wildman–Crippen MR) is 78.9 cm³/mol. The normalized spacial score (nSPS) is 35.9. The number of esters is 2. The average Bonchev–Trinajstić information content (AvgIpc) is 3.16. The molecule has 2 aliphatic rings. The molecule has 2 saturated carbocycles. The first-order chi connectivity index (χ1) is 10.8. The summed E-state index contributed by atoms with van der Waals surface area (Å²) in [5.41, 5.74) is 4.14. The SMILES string of the molecule is CCOC(=O)[C@H]1[C@H]2[C@@H]1[C@](NC(=O)[C@H](C)N)(C(=O)OCC)C[C@@H]2O. The molecule has 0 bridgehead atoms. The lowest BCUT2D eigenvalue weighted by molar-refractivity contribution is -0.156. The van der Waals surface area contributed by atoms with E-state index >= 15 is 0 Å². The summed E-state index contributed by atoms with van der Waals surface area (Å²) in [5, 5.41) is 12.9. The van der Waals surface area contributed by atoms with E-state index in [9.17, 15) is 19.5 Å². The third-order valence-electron chi connectivity index (χ3n) is 4.58. The van der Waals surface area contributed by atoms with Crippen LogP contribution < -0.4 is 11.1 Å². The fourth-order valence-corrected chi connectivity index (χ4v) is 3.59. The second kappa shape index (κ2) is 6.45. The minimum absolute atomic E-state index is 0.00946. The molecule has 23 heavy (non-hydrogen) atoms. The maximum Gasteiger partial charge on any atom is 0.332 e. The zero-order valence-corrected chi connectivity index (χ0v) is 13.6. The highest BCUT2D eigenvalue weighted by Crippen LogP contribution is 2.63. The molecule has 8 nitrogen and oxygen atoms in total. The second-order valence-electron chi connectivity index (χ2n) is 6.12. The van der Waals surface area contributed by atoms with E-state index in [0.717, 1.165) is 0 Å². The maximum absolute atomic E-state index is 12.5. The Morgan fingerprint density at radius 1 is 1.30 bits per heavy atom. The predicted octanol–water partition coefficient (Wildman–Crippen LogP) is -1.06. The van der Waals surface area contributed by atoms with Crippen molar-refractivity contribution in [2.45, 2.75) is 44.9 Å². The van der Waals surface area contributed by atoms with E-state index in [0.29, 0.717) is 0 Å². The largest absolute Gasteiger partial charge is 0.466 e. The van der Waals surface area contributed by atoms with Gasteiger partial charge in [-0.05, 0) is 20.8 Å². The van der Waals surface area contributed by atoms with E-state index in [4.69, 9.17) is 15.2 Å². The summed E-state index contributed by atoms with van der Waals surface area (Å²) in [4.78, 5) is 36.6. The number of hydrogen-bond acceptors (Lipinski definition) is 7. The van der Waals surface area contributed by atoms with Crippen molar-refractivity contribution in [2.24, 2.45) is 23.5 Å². The summed E-state index contributed by atoms with van der Waals surface area (Å²) in [6, 6.07) is -0.822. The van der Waals surface area contributed by atoms with Crippen LogP contribution >= 0.6 is 0 Å².